The SMILES string of the molecule is Cc1ccc(-c2nc(CNc3cc(C(C)(C)C)nn3C)co2)cc1. The molecule has 0 aliphatic heterocycles. The maximum atomic E-state index is 5.60. The molecule has 1 aromatic carbocycles. The van der Waals surface area contributed by atoms with Crippen LogP contribution in [-0.4, -0.2) is 14.8 Å². The molecule has 0 bridgehead atoms. The van der Waals surface area contributed by atoms with Crippen molar-refractivity contribution in [2.45, 2.75) is 39.7 Å². The van der Waals surface area contributed by atoms with Crippen LogP contribution in [0.25, 0.3) is 11.5 Å². The van der Waals surface area contributed by atoms with Gasteiger partial charge in [0.05, 0.1) is 17.9 Å². The first kappa shape index (κ1) is 16.3. The van der Waals surface area contributed by atoms with E-state index in [1.54, 1.807) is 6.26 Å². The van der Waals surface area contributed by atoms with Gasteiger partial charge in [-0.2, -0.15) is 5.10 Å². The zero-order valence-corrected chi connectivity index (χ0v) is 14.9. The molecule has 2 heterocycles. The lowest BCUT2D eigenvalue weighted by Crippen LogP contribution is -2.12. The summed E-state index contributed by atoms with van der Waals surface area (Å²) in [6.45, 7) is 9.13. The molecular formula is C19H24N4O. The molecule has 126 valence electrons. The summed E-state index contributed by atoms with van der Waals surface area (Å²) in [6, 6.07) is 10.2. The molecule has 0 aliphatic carbocycles. The lowest BCUT2D eigenvalue weighted by atomic mass is 9.92. The van der Waals surface area contributed by atoms with Gasteiger partial charge in [-0.1, -0.05) is 38.5 Å². The minimum absolute atomic E-state index is 0.0319. The Hall–Kier alpha value is -2.56. The zero-order valence-electron chi connectivity index (χ0n) is 14.9. The van der Waals surface area contributed by atoms with Crippen LogP contribution in [0.3, 0.4) is 0 Å². The van der Waals surface area contributed by atoms with E-state index in [9.17, 15) is 0 Å². The van der Waals surface area contributed by atoms with Crippen molar-refractivity contribution in [3.63, 3.8) is 0 Å². The summed E-state index contributed by atoms with van der Waals surface area (Å²) < 4.78 is 7.46. The zero-order chi connectivity index (χ0) is 17.3. The average molecular weight is 324 g/mol. The van der Waals surface area contributed by atoms with Gasteiger partial charge in [0.15, 0.2) is 0 Å². The van der Waals surface area contributed by atoms with Crippen LogP contribution in [0.1, 0.15) is 37.7 Å². The fourth-order valence-corrected chi connectivity index (χ4v) is 2.40. The Kier molecular flexibility index (Phi) is 4.18. The van der Waals surface area contributed by atoms with Crippen LogP contribution in [-0.2, 0) is 19.0 Å². The maximum absolute atomic E-state index is 5.60. The van der Waals surface area contributed by atoms with Crippen molar-refractivity contribution < 1.29 is 4.42 Å². The molecule has 0 radical (unpaired) electrons. The summed E-state index contributed by atoms with van der Waals surface area (Å²) >= 11 is 0. The van der Waals surface area contributed by atoms with E-state index in [1.165, 1.54) is 5.56 Å². The number of hydrogen-bond acceptors (Lipinski definition) is 4. The van der Waals surface area contributed by atoms with Gasteiger partial charge in [-0.3, -0.25) is 4.68 Å². The van der Waals surface area contributed by atoms with E-state index in [1.807, 2.05) is 23.9 Å². The van der Waals surface area contributed by atoms with Crippen LogP contribution in [0.4, 0.5) is 5.82 Å². The molecule has 2 aromatic heterocycles. The molecule has 0 unspecified atom stereocenters. The topological polar surface area (TPSA) is 55.9 Å². The van der Waals surface area contributed by atoms with Gasteiger partial charge in [0.2, 0.25) is 5.89 Å². The second-order valence-corrected chi connectivity index (χ2v) is 7.15. The van der Waals surface area contributed by atoms with Crippen molar-refractivity contribution in [1.29, 1.82) is 0 Å². The normalized spacial score (nSPS) is 11.7. The van der Waals surface area contributed by atoms with Gasteiger partial charge in [0.25, 0.3) is 0 Å². The van der Waals surface area contributed by atoms with Crippen LogP contribution in [0.15, 0.2) is 41.0 Å². The lowest BCUT2D eigenvalue weighted by Gasteiger charge is -2.13. The Bertz CT molecular complexity index is 822. The summed E-state index contributed by atoms with van der Waals surface area (Å²) in [5.41, 5.74) is 4.17. The third-order valence-electron chi connectivity index (χ3n) is 3.95. The average Bonchev–Trinajstić information content (AvgIpc) is 3.12. The number of aryl methyl sites for hydroxylation is 2. The molecule has 0 amide bonds. The molecule has 3 aromatic rings. The van der Waals surface area contributed by atoms with Crippen LogP contribution in [0.5, 0.6) is 0 Å². The van der Waals surface area contributed by atoms with Gasteiger partial charge in [-0.15, -0.1) is 0 Å². The van der Waals surface area contributed by atoms with E-state index in [0.717, 1.165) is 22.8 Å². The monoisotopic (exact) mass is 324 g/mol. The van der Waals surface area contributed by atoms with Crippen molar-refractivity contribution in [3.05, 3.63) is 53.5 Å². The van der Waals surface area contributed by atoms with E-state index in [0.29, 0.717) is 12.4 Å². The van der Waals surface area contributed by atoms with E-state index in [2.05, 4.69) is 61.3 Å². The number of benzene rings is 1. The predicted molar refractivity (Wildman–Crippen MR) is 95.9 cm³/mol. The first-order valence-corrected chi connectivity index (χ1v) is 8.13. The van der Waals surface area contributed by atoms with Gasteiger partial charge in [-0.25, -0.2) is 4.98 Å². The number of oxazole rings is 1. The molecule has 3 rings (SSSR count). The lowest BCUT2D eigenvalue weighted by molar-refractivity contribution is 0.553. The Morgan fingerprint density at radius 1 is 1.17 bits per heavy atom. The van der Waals surface area contributed by atoms with E-state index < -0.39 is 0 Å². The molecule has 5 heteroatoms. The smallest absolute Gasteiger partial charge is 0.226 e. The number of rotatable bonds is 4. The number of aromatic nitrogens is 3. The van der Waals surface area contributed by atoms with Crippen LogP contribution >= 0.6 is 0 Å². The number of hydrogen-bond donors (Lipinski definition) is 1. The third kappa shape index (κ3) is 3.50. The molecule has 0 aliphatic rings. The molecule has 5 nitrogen and oxygen atoms in total. The first-order chi connectivity index (χ1) is 11.3. The predicted octanol–water partition coefficient (Wildman–Crippen LogP) is 4.29. The quantitative estimate of drug-likeness (QED) is 0.777. The molecule has 0 fully saturated rings. The third-order valence-corrected chi connectivity index (χ3v) is 3.95. The highest BCUT2D eigenvalue weighted by molar-refractivity contribution is 5.53. The summed E-state index contributed by atoms with van der Waals surface area (Å²) in [6.07, 6.45) is 1.70. The minimum atomic E-state index is 0.0319. The Morgan fingerprint density at radius 2 is 1.88 bits per heavy atom. The van der Waals surface area contributed by atoms with Crippen molar-refractivity contribution >= 4 is 5.82 Å². The van der Waals surface area contributed by atoms with Crippen LogP contribution in [0, 0.1) is 6.92 Å². The second kappa shape index (κ2) is 6.15. The highest BCUT2D eigenvalue weighted by Crippen LogP contribution is 2.24. The molecule has 24 heavy (non-hydrogen) atoms. The highest BCUT2D eigenvalue weighted by atomic mass is 16.3. The molecule has 0 saturated carbocycles. The van der Waals surface area contributed by atoms with Crippen molar-refractivity contribution in [1.82, 2.24) is 14.8 Å². The van der Waals surface area contributed by atoms with Crippen LogP contribution < -0.4 is 5.32 Å². The summed E-state index contributed by atoms with van der Waals surface area (Å²) in [5.74, 6) is 1.62. The van der Waals surface area contributed by atoms with Crippen molar-refractivity contribution in [2.75, 3.05) is 5.32 Å². The number of anilines is 1. The summed E-state index contributed by atoms with van der Waals surface area (Å²) in [4.78, 5) is 4.55. The van der Waals surface area contributed by atoms with E-state index in [-0.39, 0.29) is 5.41 Å². The van der Waals surface area contributed by atoms with Crippen LogP contribution in [0.2, 0.25) is 0 Å². The Morgan fingerprint density at radius 3 is 2.50 bits per heavy atom. The van der Waals surface area contributed by atoms with Crippen molar-refractivity contribution in [3.8, 4) is 11.5 Å². The van der Waals surface area contributed by atoms with E-state index in [4.69, 9.17) is 4.42 Å². The maximum Gasteiger partial charge on any atom is 0.226 e. The molecule has 0 atom stereocenters. The standard InChI is InChI=1S/C19H24N4O/c1-13-6-8-14(9-7-13)18-21-15(12-24-18)11-20-17-10-16(19(2,3)4)22-23(17)5/h6-10,12,20H,11H2,1-5H3. The largest absolute Gasteiger partial charge is 0.444 e. The molecular weight excluding hydrogens is 300 g/mol. The van der Waals surface area contributed by atoms with E-state index >= 15 is 0 Å². The molecule has 0 saturated heterocycles. The van der Waals surface area contributed by atoms with Gasteiger partial charge >= 0.3 is 0 Å². The van der Waals surface area contributed by atoms with Gasteiger partial charge in [0, 0.05) is 24.1 Å². The Balaban J connectivity index is 1.70. The summed E-state index contributed by atoms with van der Waals surface area (Å²) in [7, 11) is 1.94. The molecule has 0 spiro atoms. The Labute approximate surface area is 142 Å². The molecule has 1 N–H and O–H groups in total. The van der Waals surface area contributed by atoms with Gasteiger partial charge in [0.1, 0.15) is 12.1 Å². The fourth-order valence-electron chi connectivity index (χ4n) is 2.40. The first-order valence-electron chi connectivity index (χ1n) is 8.13. The second-order valence-electron chi connectivity index (χ2n) is 7.15. The van der Waals surface area contributed by atoms with Crippen molar-refractivity contribution in [2.24, 2.45) is 7.05 Å². The fraction of sp³-hybridized carbons (Fsp3) is 0.368. The minimum Gasteiger partial charge on any atom is -0.444 e. The van der Waals surface area contributed by atoms with Gasteiger partial charge in [-0.05, 0) is 19.1 Å². The summed E-state index contributed by atoms with van der Waals surface area (Å²) in [5, 5.41) is 7.94. The number of nitrogens with one attached hydrogen (secondary N) is 1. The highest BCUT2D eigenvalue weighted by Gasteiger charge is 2.19. The number of nitrogens with zero attached hydrogens (tertiary/aromatic N) is 3. The van der Waals surface area contributed by atoms with Gasteiger partial charge < -0.3 is 9.73 Å².